The van der Waals surface area contributed by atoms with Crippen molar-refractivity contribution in [3.8, 4) is 5.69 Å². The molecule has 0 radical (unpaired) electrons. The van der Waals surface area contributed by atoms with Crippen LogP contribution in [0.4, 0.5) is 5.82 Å². The highest BCUT2D eigenvalue weighted by Crippen LogP contribution is 2.18. The van der Waals surface area contributed by atoms with Crippen molar-refractivity contribution < 1.29 is 0 Å². The summed E-state index contributed by atoms with van der Waals surface area (Å²) in [5.41, 5.74) is 3.23. The molecule has 0 bridgehead atoms. The van der Waals surface area contributed by atoms with Crippen LogP contribution in [0.2, 0.25) is 0 Å². The molecule has 3 aromatic rings. The summed E-state index contributed by atoms with van der Waals surface area (Å²) in [5, 5.41) is 16.5. The van der Waals surface area contributed by atoms with Crippen molar-refractivity contribution in [3.05, 3.63) is 60.3 Å². The lowest BCUT2D eigenvalue weighted by Gasteiger charge is -2.34. The molecule has 26 heavy (non-hydrogen) atoms. The van der Waals surface area contributed by atoms with E-state index in [0.29, 0.717) is 6.04 Å². The minimum Gasteiger partial charge on any atom is -0.354 e. The SMILES string of the molecule is Cc1ccc(N2CCC[C@H](NCc3ccccc3-n3cncn3)C2)nn1. The number of para-hydroxylation sites is 1. The van der Waals surface area contributed by atoms with Gasteiger partial charge in [0.2, 0.25) is 0 Å². The zero-order valence-electron chi connectivity index (χ0n) is 14.9. The zero-order valence-corrected chi connectivity index (χ0v) is 14.9. The van der Waals surface area contributed by atoms with Gasteiger partial charge < -0.3 is 10.2 Å². The van der Waals surface area contributed by atoms with Crippen molar-refractivity contribution in [3.63, 3.8) is 0 Å². The summed E-state index contributed by atoms with van der Waals surface area (Å²) in [6.07, 6.45) is 5.61. The molecule has 1 aliphatic heterocycles. The first-order valence-corrected chi connectivity index (χ1v) is 9.01. The van der Waals surface area contributed by atoms with Gasteiger partial charge in [0.25, 0.3) is 0 Å². The molecule has 4 rings (SSSR count). The molecule has 1 N–H and O–H groups in total. The molecule has 0 aliphatic carbocycles. The van der Waals surface area contributed by atoms with Gasteiger partial charge in [-0.3, -0.25) is 0 Å². The van der Waals surface area contributed by atoms with E-state index in [1.54, 1.807) is 12.7 Å². The maximum Gasteiger partial charge on any atom is 0.151 e. The molecular weight excluding hydrogens is 326 g/mol. The molecule has 2 aromatic heterocycles. The van der Waals surface area contributed by atoms with E-state index < -0.39 is 0 Å². The van der Waals surface area contributed by atoms with E-state index in [-0.39, 0.29) is 0 Å². The van der Waals surface area contributed by atoms with Crippen LogP contribution in [-0.2, 0) is 6.54 Å². The van der Waals surface area contributed by atoms with Crippen molar-refractivity contribution in [2.24, 2.45) is 0 Å². The Morgan fingerprint density at radius 3 is 2.88 bits per heavy atom. The van der Waals surface area contributed by atoms with Gasteiger partial charge in [0, 0.05) is 25.7 Å². The number of piperidine rings is 1. The average molecular weight is 349 g/mol. The van der Waals surface area contributed by atoms with Crippen molar-refractivity contribution in [1.82, 2.24) is 30.3 Å². The standard InChI is InChI=1S/C19H23N7/c1-15-8-9-19(24-23-15)25-10-4-6-17(12-25)21-11-16-5-2-3-7-18(16)26-14-20-13-22-26/h2-3,5,7-9,13-14,17,21H,4,6,10-12H2,1H3/t17-/m0/s1. The number of benzene rings is 1. The Hall–Kier alpha value is -2.80. The predicted octanol–water partition coefficient (Wildman–Crippen LogP) is 2.12. The van der Waals surface area contributed by atoms with E-state index in [0.717, 1.165) is 43.3 Å². The minimum atomic E-state index is 0.427. The summed E-state index contributed by atoms with van der Waals surface area (Å²) < 4.78 is 1.81. The fourth-order valence-electron chi connectivity index (χ4n) is 3.38. The van der Waals surface area contributed by atoms with E-state index in [9.17, 15) is 0 Å². The van der Waals surface area contributed by atoms with Gasteiger partial charge in [0.05, 0.1) is 11.4 Å². The summed E-state index contributed by atoms with van der Waals surface area (Å²) >= 11 is 0. The topological polar surface area (TPSA) is 71.8 Å². The number of aromatic nitrogens is 5. The maximum atomic E-state index is 4.33. The highest BCUT2D eigenvalue weighted by atomic mass is 15.3. The molecule has 0 amide bonds. The smallest absolute Gasteiger partial charge is 0.151 e. The molecule has 1 saturated heterocycles. The van der Waals surface area contributed by atoms with Gasteiger partial charge in [-0.15, -0.1) is 5.10 Å². The molecule has 0 saturated carbocycles. The van der Waals surface area contributed by atoms with Crippen LogP contribution in [0.5, 0.6) is 0 Å². The third kappa shape index (κ3) is 3.72. The van der Waals surface area contributed by atoms with Gasteiger partial charge >= 0.3 is 0 Å². The van der Waals surface area contributed by atoms with E-state index in [2.05, 4.69) is 54.8 Å². The summed E-state index contributed by atoms with van der Waals surface area (Å²) in [5.74, 6) is 0.963. The van der Waals surface area contributed by atoms with E-state index in [1.165, 1.54) is 12.0 Å². The van der Waals surface area contributed by atoms with Gasteiger partial charge in [-0.1, -0.05) is 18.2 Å². The molecular formula is C19H23N7. The second-order valence-electron chi connectivity index (χ2n) is 6.67. The number of aryl methyl sites for hydroxylation is 1. The first-order chi connectivity index (χ1) is 12.8. The van der Waals surface area contributed by atoms with Crippen LogP contribution in [0.3, 0.4) is 0 Å². The second kappa shape index (κ2) is 7.61. The Bertz CT molecular complexity index is 829. The van der Waals surface area contributed by atoms with E-state index >= 15 is 0 Å². The number of nitrogens with zero attached hydrogens (tertiary/aromatic N) is 6. The molecule has 3 heterocycles. The van der Waals surface area contributed by atoms with E-state index in [4.69, 9.17) is 0 Å². The number of rotatable bonds is 5. The first kappa shape index (κ1) is 16.7. The molecule has 7 heteroatoms. The quantitative estimate of drug-likeness (QED) is 0.761. The average Bonchev–Trinajstić information content (AvgIpc) is 3.22. The van der Waals surface area contributed by atoms with Crippen LogP contribution in [0.25, 0.3) is 5.69 Å². The van der Waals surface area contributed by atoms with Crippen LogP contribution < -0.4 is 10.2 Å². The fraction of sp³-hybridized carbons (Fsp3) is 0.368. The van der Waals surface area contributed by atoms with Gasteiger partial charge in [0.15, 0.2) is 5.82 Å². The lowest BCUT2D eigenvalue weighted by molar-refractivity contribution is 0.419. The third-order valence-corrected chi connectivity index (χ3v) is 4.77. The van der Waals surface area contributed by atoms with Gasteiger partial charge in [-0.25, -0.2) is 9.67 Å². The molecule has 0 unspecified atom stereocenters. The Labute approximate surface area is 153 Å². The lowest BCUT2D eigenvalue weighted by atomic mass is 10.0. The fourth-order valence-corrected chi connectivity index (χ4v) is 3.38. The highest BCUT2D eigenvalue weighted by Gasteiger charge is 2.21. The molecule has 1 fully saturated rings. The van der Waals surface area contributed by atoms with Crippen LogP contribution in [-0.4, -0.2) is 44.1 Å². The summed E-state index contributed by atoms with van der Waals surface area (Å²) in [6, 6.07) is 12.8. The lowest BCUT2D eigenvalue weighted by Crippen LogP contribution is -2.46. The van der Waals surface area contributed by atoms with Gasteiger partial charge in [-0.2, -0.15) is 10.2 Å². The van der Waals surface area contributed by atoms with E-state index in [1.807, 2.05) is 23.7 Å². The Kier molecular flexibility index (Phi) is 4.88. The summed E-state index contributed by atoms with van der Waals surface area (Å²) in [6.45, 7) is 4.74. The van der Waals surface area contributed by atoms with Crippen LogP contribution in [0.15, 0.2) is 49.1 Å². The van der Waals surface area contributed by atoms with Crippen molar-refractivity contribution in [1.29, 1.82) is 0 Å². The maximum absolute atomic E-state index is 4.33. The molecule has 1 atom stereocenters. The van der Waals surface area contributed by atoms with Crippen LogP contribution in [0.1, 0.15) is 24.1 Å². The number of anilines is 1. The van der Waals surface area contributed by atoms with Crippen LogP contribution in [0, 0.1) is 6.92 Å². The molecule has 1 aromatic carbocycles. The Balaban J connectivity index is 1.41. The third-order valence-electron chi connectivity index (χ3n) is 4.77. The monoisotopic (exact) mass is 349 g/mol. The van der Waals surface area contributed by atoms with Crippen LogP contribution >= 0.6 is 0 Å². The largest absolute Gasteiger partial charge is 0.354 e. The number of hydrogen-bond acceptors (Lipinski definition) is 6. The molecule has 1 aliphatic rings. The van der Waals surface area contributed by atoms with Crippen molar-refractivity contribution in [2.75, 3.05) is 18.0 Å². The summed E-state index contributed by atoms with van der Waals surface area (Å²) in [7, 11) is 0. The Morgan fingerprint density at radius 1 is 1.15 bits per heavy atom. The first-order valence-electron chi connectivity index (χ1n) is 9.01. The minimum absolute atomic E-state index is 0.427. The molecule has 7 nitrogen and oxygen atoms in total. The predicted molar refractivity (Wildman–Crippen MR) is 100 cm³/mol. The van der Waals surface area contributed by atoms with Crippen molar-refractivity contribution >= 4 is 5.82 Å². The summed E-state index contributed by atoms with van der Waals surface area (Å²) in [4.78, 5) is 6.37. The number of nitrogens with one attached hydrogen (secondary N) is 1. The number of hydrogen-bond donors (Lipinski definition) is 1. The normalized spacial score (nSPS) is 17.4. The van der Waals surface area contributed by atoms with Gasteiger partial charge in [-0.05, 0) is 43.5 Å². The zero-order chi connectivity index (χ0) is 17.8. The van der Waals surface area contributed by atoms with Crippen molar-refractivity contribution in [2.45, 2.75) is 32.4 Å². The Morgan fingerprint density at radius 2 is 2.08 bits per heavy atom. The highest BCUT2D eigenvalue weighted by molar-refractivity contribution is 5.40. The van der Waals surface area contributed by atoms with Gasteiger partial charge in [0.1, 0.15) is 12.7 Å². The second-order valence-corrected chi connectivity index (χ2v) is 6.67. The molecule has 134 valence electrons. The molecule has 0 spiro atoms.